The summed E-state index contributed by atoms with van der Waals surface area (Å²) in [6.07, 6.45) is 0.754. The van der Waals surface area contributed by atoms with Crippen molar-refractivity contribution >= 4 is 23.1 Å². The zero-order valence-corrected chi connectivity index (χ0v) is 10.2. The normalized spacial score (nSPS) is 10.6. The fraction of sp³-hybridized carbons (Fsp3) is 0.273. The molecule has 0 bridgehead atoms. The molecule has 15 heavy (non-hydrogen) atoms. The summed E-state index contributed by atoms with van der Waals surface area (Å²) in [5, 5.41) is 0. The lowest BCUT2D eigenvalue weighted by Crippen LogP contribution is -1.92. The summed E-state index contributed by atoms with van der Waals surface area (Å²) in [4.78, 5) is 4.13. The smallest absolute Gasteiger partial charge is 0.203 e. The van der Waals surface area contributed by atoms with E-state index < -0.39 is 0 Å². The molecule has 0 aliphatic rings. The Balaban J connectivity index is 2.21. The number of nitrogens with zero attached hydrogens (tertiary/aromatic N) is 2. The van der Waals surface area contributed by atoms with Crippen LogP contribution in [-0.2, 0) is 6.42 Å². The third-order valence-corrected chi connectivity index (χ3v) is 3.21. The molecule has 2 nitrogen and oxygen atoms in total. The van der Waals surface area contributed by atoms with Gasteiger partial charge in [0.1, 0.15) is 5.82 Å². The molecule has 0 radical (unpaired) electrons. The van der Waals surface area contributed by atoms with Crippen molar-refractivity contribution in [3.05, 3.63) is 45.2 Å². The van der Waals surface area contributed by atoms with Crippen molar-refractivity contribution in [2.24, 2.45) is 0 Å². The summed E-state index contributed by atoms with van der Waals surface area (Å²) < 4.78 is 4.67. The van der Waals surface area contributed by atoms with E-state index in [2.05, 4.69) is 41.4 Å². The van der Waals surface area contributed by atoms with E-state index in [0.29, 0.717) is 4.47 Å². The summed E-state index contributed by atoms with van der Waals surface area (Å²) >= 11 is 6.96. The van der Waals surface area contributed by atoms with Gasteiger partial charge in [-0.1, -0.05) is 18.2 Å². The summed E-state index contributed by atoms with van der Waals surface area (Å²) in [7, 11) is 0. The molecular formula is C11H11ClN2S. The maximum atomic E-state index is 5.73. The van der Waals surface area contributed by atoms with E-state index in [-0.39, 0.29) is 0 Å². The highest BCUT2D eigenvalue weighted by atomic mass is 35.5. The molecule has 2 aromatic rings. The zero-order chi connectivity index (χ0) is 10.8. The Labute approximate surface area is 98.1 Å². The van der Waals surface area contributed by atoms with Crippen LogP contribution in [0.3, 0.4) is 0 Å². The number of halogens is 1. The highest BCUT2D eigenvalue weighted by Crippen LogP contribution is 2.16. The van der Waals surface area contributed by atoms with Crippen LogP contribution in [0.25, 0.3) is 0 Å². The second kappa shape index (κ2) is 4.29. The molecule has 0 aliphatic heterocycles. The predicted molar refractivity (Wildman–Crippen MR) is 63.6 cm³/mol. The van der Waals surface area contributed by atoms with Gasteiger partial charge >= 0.3 is 0 Å². The zero-order valence-electron chi connectivity index (χ0n) is 8.62. The van der Waals surface area contributed by atoms with Crippen molar-refractivity contribution in [1.29, 1.82) is 0 Å². The molecule has 0 saturated heterocycles. The van der Waals surface area contributed by atoms with Gasteiger partial charge < -0.3 is 0 Å². The highest BCUT2D eigenvalue weighted by Gasteiger charge is 2.03. The molecule has 0 amide bonds. The molecule has 2 rings (SSSR count). The molecule has 0 spiro atoms. The average Bonchev–Trinajstić information content (AvgIpc) is 2.58. The van der Waals surface area contributed by atoms with Gasteiger partial charge in [-0.05, 0) is 53.7 Å². The molecule has 0 N–H and O–H groups in total. The minimum Gasteiger partial charge on any atom is -0.208 e. The first-order chi connectivity index (χ1) is 7.15. The van der Waals surface area contributed by atoms with Gasteiger partial charge in [-0.25, -0.2) is 4.98 Å². The Morgan fingerprint density at radius 1 is 1.27 bits per heavy atom. The van der Waals surface area contributed by atoms with Crippen molar-refractivity contribution in [2.45, 2.75) is 20.3 Å². The second-order valence-corrected chi connectivity index (χ2v) is 4.89. The molecule has 0 fully saturated rings. The van der Waals surface area contributed by atoms with Crippen LogP contribution in [0.2, 0.25) is 4.47 Å². The van der Waals surface area contributed by atoms with Crippen molar-refractivity contribution in [1.82, 2.24) is 9.36 Å². The third kappa shape index (κ3) is 2.55. The Bertz CT molecular complexity index is 479. The Hall–Kier alpha value is -0.930. The van der Waals surface area contributed by atoms with E-state index in [1.54, 1.807) is 0 Å². The van der Waals surface area contributed by atoms with Crippen LogP contribution in [0.15, 0.2) is 18.2 Å². The van der Waals surface area contributed by atoms with E-state index in [4.69, 9.17) is 11.6 Å². The molecule has 4 heteroatoms. The van der Waals surface area contributed by atoms with E-state index in [0.717, 1.165) is 12.2 Å². The summed E-state index contributed by atoms with van der Waals surface area (Å²) in [5.41, 5.74) is 3.84. The second-order valence-electron chi connectivity index (χ2n) is 3.56. The molecular weight excluding hydrogens is 228 g/mol. The Morgan fingerprint density at radius 2 is 2.07 bits per heavy atom. The van der Waals surface area contributed by atoms with Gasteiger partial charge in [0, 0.05) is 6.42 Å². The molecule has 0 aliphatic carbocycles. The number of rotatable bonds is 2. The highest BCUT2D eigenvalue weighted by molar-refractivity contribution is 7.10. The van der Waals surface area contributed by atoms with Crippen molar-refractivity contribution in [2.75, 3.05) is 0 Å². The fourth-order valence-corrected chi connectivity index (χ4v) is 2.03. The lowest BCUT2D eigenvalue weighted by Gasteiger charge is -2.02. The first kappa shape index (κ1) is 10.6. The lowest BCUT2D eigenvalue weighted by atomic mass is 10.0. The van der Waals surface area contributed by atoms with Gasteiger partial charge in [0.2, 0.25) is 4.47 Å². The Morgan fingerprint density at radius 3 is 2.67 bits per heavy atom. The first-order valence-corrected chi connectivity index (χ1v) is 5.84. The monoisotopic (exact) mass is 238 g/mol. The van der Waals surface area contributed by atoms with Crippen LogP contribution < -0.4 is 0 Å². The third-order valence-electron chi connectivity index (χ3n) is 2.38. The maximum absolute atomic E-state index is 5.73. The molecule has 1 aromatic carbocycles. The van der Waals surface area contributed by atoms with Gasteiger partial charge in [-0.15, -0.1) is 0 Å². The van der Waals surface area contributed by atoms with Crippen LogP contribution in [0, 0.1) is 13.8 Å². The van der Waals surface area contributed by atoms with Crippen molar-refractivity contribution in [3.63, 3.8) is 0 Å². The topological polar surface area (TPSA) is 25.8 Å². The number of benzene rings is 1. The van der Waals surface area contributed by atoms with E-state index in [1.807, 2.05) is 0 Å². The molecule has 0 atom stereocenters. The van der Waals surface area contributed by atoms with Gasteiger partial charge in [0.05, 0.1) is 0 Å². The van der Waals surface area contributed by atoms with E-state index in [9.17, 15) is 0 Å². The largest absolute Gasteiger partial charge is 0.208 e. The van der Waals surface area contributed by atoms with E-state index in [1.165, 1.54) is 28.2 Å². The maximum Gasteiger partial charge on any atom is 0.203 e. The van der Waals surface area contributed by atoms with Crippen LogP contribution in [0.1, 0.15) is 22.5 Å². The van der Waals surface area contributed by atoms with E-state index >= 15 is 0 Å². The molecule has 0 saturated carbocycles. The summed E-state index contributed by atoms with van der Waals surface area (Å²) in [5.74, 6) is 0.799. The molecule has 78 valence electrons. The first-order valence-electron chi connectivity index (χ1n) is 4.69. The SMILES string of the molecule is Cc1ccc(Cc2nsc(Cl)n2)cc1C. The van der Waals surface area contributed by atoms with Gasteiger partial charge in [0.25, 0.3) is 0 Å². The van der Waals surface area contributed by atoms with Crippen LogP contribution in [0.5, 0.6) is 0 Å². The van der Waals surface area contributed by atoms with Crippen molar-refractivity contribution in [3.8, 4) is 0 Å². The van der Waals surface area contributed by atoms with Gasteiger partial charge in [0.15, 0.2) is 0 Å². The molecule has 1 heterocycles. The van der Waals surface area contributed by atoms with Crippen LogP contribution in [0.4, 0.5) is 0 Å². The standard InChI is InChI=1S/C11H11ClN2S/c1-7-3-4-9(5-8(7)2)6-10-13-11(12)15-14-10/h3-5H,6H2,1-2H3. The number of aryl methyl sites for hydroxylation is 2. The lowest BCUT2D eigenvalue weighted by molar-refractivity contribution is 1.03. The minimum absolute atomic E-state index is 0.508. The minimum atomic E-state index is 0.508. The molecule has 0 unspecified atom stereocenters. The summed E-state index contributed by atoms with van der Waals surface area (Å²) in [6, 6.07) is 6.40. The Kier molecular flexibility index (Phi) is 3.03. The van der Waals surface area contributed by atoms with Crippen LogP contribution >= 0.6 is 23.1 Å². The van der Waals surface area contributed by atoms with Gasteiger partial charge in [-0.3, -0.25) is 0 Å². The molecule has 1 aromatic heterocycles. The predicted octanol–water partition coefficient (Wildman–Crippen LogP) is 3.40. The number of hydrogen-bond donors (Lipinski definition) is 0. The average molecular weight is 239 g/mol. The van der Waals surface area contributed by atoms with Crippen molar-refractivity contribution < 1.29 is 0 Å². The quantitative estimate of drug-likeness (QED) is 0.802. The number of aromatic nitrogens is 2. The summed E-state index contributed by atoms with van der Waals surface area (Å²) in [6.45, 7) is 4.22. The van der Waals surface area contributed by atoms with Gasteiger partial charge in [-0.2, -0.15) is 4.37 Å². The van der Waals surface area contributed by atoms with Crippen LogP contribution in [-0.4, -0.2) is 9.36 Å². The number of hydrogen-bond acceptors (Lipinski definition) is 3. The fourth-order valence-electron chi connectivity index (χ4n) is 1.40.